The van der Waals surface area contributed by atoms with Crippen LogP contribution in [0.25, 0.3) is 0 Å². The van der Waals surface area contributed by atoms with E-state index in [4.69, 9.17) is 23.2 Å². The lowest BCUT2D eigenvalue weighted by Crippen LogP contribution is -2.18. The van der Waals surface area contributed by atoms with Crippen LogP contribution in [0.1, 0.15) is 11.1 Å². The maximum absolute atomic E-state index is 12.9. The molecule has 0 saturated carbocycles. The Hall–Kier alpha value is -2.30. The highest BCUT2D eigenvalue weighted by atomic mass is 79.9. The van der Waals surface area contributed by atoms with Crippen LogP contribution in [0.2, 0.25) is 10.0 Å². The fourth-order valence-electron chi connectivity index (χ4n) is 3.04. The summed E-state index contributed by atoms with van der Waals surface area (Å²) < 4.78 is 59.7. The second-order valence-corrected chi connectivity index (χ2v) is 11.7. The second-order valence-electron chi connectivity index (χ2n) is 6.81. The highest BCUT2D eigenvalue weighted by Crippen LogP contribution is 2.29. The molecule has 0 radical (unpaired) electrons. The summed E-state index contributed by atoms with van der Waals surface area (Å²) in [6, 6.07) is 18.0. The highest BCUT2D eigenvalue weighted by molar-refractivity contribution is 9.12. The van der Waals surface area contributed by atoms with Gasteiger partial charge in [0.2, 0.25) is 0 Å². The van der Waals surface area contributed by atoms with E-state index in [1.807, 2.05) is 0 Å². The van der Waals surface area contributed by atoms with Gasteiger partial charge in [0.15, 0.2) is 0 Å². The van der Waals surface area contributed by atoms with Crippen molar-refractivity contribution in [2.75, 3.05) is 0 Å². The minimum Gasteiger partial charge on any atom is -0.199 e. The zero-order chi connectivity index (χ0) is 23.8. The number of sulfonamides is 2. The summed E-state index contributed by atoms with van der Waals surface area (Å²) in [5.74, 6) is 0. The zero-order valence-electron chi connectivity index (χ0n) is 16.5. The Labute approximate surface area is 209 Å². The number of benzene rings is 3. The normalized spacial score (nSPS) is 16.5. The third-order valence-electron chi connectivity index (χ3n) is 4.60. The lowest BCUT2D eigenvalue weighted by atomic mass is 9.94. The van der Waals surface area contributed by atoms with E-state index in [2.05, 4.69) is 24.7 Å². The molecule has 0 spiro atoms. The largest absolute Gasteiger partial charge is 0.282 e. The van der Waals surface area contributed by atoms with Gasteiger partial charge >= 0.3 is 0 Å². The minimum atomic E-state index is -4.06. The molecule has 6 nitrogen and oxygen atoms in total. The van der Waals surface area contributed by atoms with Crippen molar-refractivity contribution >= 4 is 70.6 Å². The van der Waals surface area contributed by atoms with E-state index in [9.17, 15) is 16.8 Å². The van der Waals surface area contributed by atoms with Gasteiger partial charge < -0.3 is 0 Å². The van der Waals surface area contributed by atoms with Crippen molar-refractivity contribution in [3.63, 3.8) is 0 Å². The van der Waals surface area contributed by atoms with Crippen LogP contribution in [-0.4, -0.2) is 28.3 Å². The first-order valence-electron chi connectivity index (χ1n) is 9.25. The van der Waals surface area contributed by atoms with Crippen molar-refractivity contribution in [3.05, 3.63) is 105 Å². The summed E-state index contributed by atoms with van der Waals surface area (Å²) >= 11 is 15.0. The Morgan fingerprint density at radius 3 is 1.61 bits per heavy atom. The molecule has 33 heavy (non-hydrogen) atoms. The summed E-state index contributed by atoms with van der Waals surface area (Å²) in [5.41, 5.74) is 1.09. The molecule has 0 amide bonds. The molecular formula is C22H13BrCl2N2O4S2. The second kappa shape index (κ2) is 9.15. The molecule has 0 unspecified atom stereocenters. The number of rotatable bonds is 4. The van der Waals surface area contributed by atoms with Gasteiger partial charge in [-0.2, -0.15) is 25.6 Å². The summed E-state index contributed by atoms with van der Waals surface area (Å²) in [7, 11) is -8.11. The quantitative estimate of drug-likeness (QED) is 0.397. The Morgan fingerprint density at radius 2 is 1.09 bits per heavy atom. The van der Waals surface area contributed by atoms with Crippen molar-refractivity contribution in [1.82, 2.24) is 0 Å². The third kappa shape index (κ3) is 5.12. The van der Waals surface area contributed by atoms with Gasteiger partial charge in [-0.05, 0) is 70.5 Å². The van der Waals surface area contributed by atoms with Gasteiger partial charge in [-0.25, -0.2) is 0 Å². The molecule has 1 aliphatic carbocycles. The molecular weight excluding hydrogens is 571 g/mol. The first-order chi connectivity index (χ1) is 15.6. The molecule has 1 aliphatic rings. The van der Waals surface area contributed by atoms with Crippen LogP contribution in [0.15, 0.2) is 102 Å². The zero-order valence-corrected chi connectivity index (χ0v) is 21.2. The maximum atomic E-state index is 12.9. The van der Waals surface area contributed by atoms with E-state index in [1.165, 1.54) is 54.6 Å². The number of halogens is 3. The third-order valence-corrected chi connectivity index (χ3v) is 8.30. The van der Waals surface area contributed by atoms with Crippen molar-refractivity contribution in [1.29, 1.82) is 0 Å². The van der Waals surface area contributed by atoms with E-state index in [-0.39, 0.29) is 25.7 Å². The first kappa shape index (κ1) is 23.8. The molecule has 11 heteroatoms. The van der Waals surface area contributed by atoms with Crippen LogP contribution in [0.4, 0.5) is 0 Å². The molecule has 4 rings (SSSR count). The number of allylic oxidation sites excluding steroid dienone is 2. The summed E-state index contributed by atoms with van der Waals surface area (Å²) in [4.78, 5) is -0.0480. The van der Waals surface area contributed by atoms with Crippen LogP contribution in [0.3, 0.4) is 0 Å². The van der Waals surface area contributed by atoms with Gasteiger partial charge in [-0.1, -0.05) is 47.5 Å². The number of hydrogen-bond acceptors (Lipinski definition) is 4. The number of hydrogen-bond donors (Lipinski definition) is 0. The van der Waals surface area contributed by atoms with Gasteiger partial charge in [0.25, 0.3) is 20.0 Å². The lowest BCUT2D eigenvalue weighted by molar-refractivity contribution is 0.596. The predicted octanol–water partition coefficient (Wildman–Crippen LogP) is 5.64. The van der Waals surface area contributed by atoms with Crippen molar-refractivity contribution in [2.45, 2.75) is 9.79 Å². The van der Waals surface area contributed by atoms with E-state index in [0.29, 0.717) is 21.2 Å². The molecule has 168 valence electrons. The van der Waals surface area contributed by atoms with Gasteiger partial charge in [-0.15, -0.1) is 0 Å². The van der Waals surface area contributed by atoms with E-state index >= 15 is 0 Å². The average molecular weight is 584 g/mol. The number of fused-ring (bicyclic) bond motifs is 1. The van der Waals surface area contributed by atoms with E-state index in [0.717, 1.165) is 0 Å². The van der Waals surface area contributed by atoms with Gasteiger partial charge in [0, 0.05) is 25.7 Å². The summed E-state index contributed by atoms with van der Waals surface area (Å²) in [5, 5.41) is 0.795. The molecule has 0 N–H and O–H groups in total. The van der Waals surface area contributed by atoms with Crippen molar-refractivity contribution in [3.8, 4) is 0 Å². The number of nitrogens with zero attached hydrogens (tertiary/aromatic N) is 2. The Morgan fingerprint density at radius 1 is 0.636 bits per heavy atom. The Bertz CT molecular complexity index is 1550. The fourth-order valence-corrected chi connectivity index (χ4v) is 5.95. The smallest absolute Gasteiger partial charge is 0.199 e. The average Bonchev–Trinajstić information content (AvgIpc) is 2.77. The molecule has 0 atom stereocenters. The molecule has 3 aromatic rings. The highest BCUT2D eigenvalue weighted by Gasteiger charge is 2.26. The molecule has 0 aromatic heterocycles. The van der Waals surface area contributed by atoms with Crippen molar-refractivity contribution in [2.24, 2.45) is 8.80 Å². The topological polar surface area (TPSA) is 93.0 Å². The maximum Gasteiger partial charge on any atom is 0.282 e. The monoisotopic (exact) mass is 582 g/mol. The van der Waals surface area contributed by atoms with Crippen LogP contribution in [-0.2, 0) is 20.0 Å². The van der Waals surface area contributed by atoms with E-state index in [1.54, 1.807) is 24.3 Å². The van der Waals surface area contributed by atoms with Crippen LogP contribution in [0, 0.1) is 0 Å². The minimum absolute atomic E-state index is 0.0221. The van der Waals surface area contributed by atoms with E-state index < -0.39 is 20.0 Å². The first-order valence-corrected chi connectivity index (χ1v) is 13.7. The molecule has 3 aromatic carbocycles. The lowest BCUT2D eigenvalue weighted by Gasteiger charge is -2.17. The van der Waals surface area contributed by atoms with Gasteiger partial charge in [-0.3, -0.25) is 0 Å². The van der Waals surface area contributed by atoms with Crippen LogP contribution < -0.4 is 0 Å². The molecule has 0 aliphatic heterocycles. The van der Waals surface area contributed by atoms with Gasteiger partial charge in [0.1, 0.15) is 0 Å². The van der Waals surface area contributed by atoms with Gasteiger partial charge in [0.05, 0.1) is 21.2 Å². The van der Waals surface area contributed by atoms with Crippen molar-refractivity contribution < 1.29 is 16.8 Å². The molecule has 0 heterocycles. The standard InChI is InChI=1S/C22H13BrCl2N2O4S2/c23-20-13-21(26-32(28,29)16-9-5-14(24)6-10-16)18-3-1-2-4-19(18)22(20)27-33(30,31)17-11-7-15(25)8-12-17/h1-13H. The fraction of sp³-hybridized carbons (Fsp3) is 0. The summed E-state index contributed by atoms with van der Waals surface area (Å²) in [6.07, 6.45) is 1.42. The summed E-state index contributed by atoms with van der Waals surface area (Å²) in [6.45, 7) is 0. The van der Waals surface area contributed by atoms with Crippen LogP contribution >= 0.6 is 39.1 Å². The molecule has 0 fully saturated rings. The Balaban J connectivity index is 1.84. The molecule has 0 saturated heterocycles. The van der Waals surface area contributed by atoms with Crippen LogP contribution in [0.5, 0.6) is 0 Å². The SMILES string of the molecule is O=S(=O)(N=C1C=C(Br)C(=NS(=O)(=O)c2ccc(Cl)cc2)c2ccccc21)c1ccc(Cl)cc1. The predicted molar refractivity (Wildman–Crippen MR) is 134 cm³/mol. The Kier molecular flexibility index (Phi) is 6.61. The molecule has 0 bridgehead atoms.